The summed E-state index contributed by atoms with van der Waals surface area (Å²) in [7, 11) is 1.74. The molecule has 4 nitrogen and oxygen atoms in total. The molecule has 0 radical (unpaired) electrons. The molecule has 4 aliphatic carbocycles. The highest BCUT2D eigenvalue weighted by molar-refractivity contribution is 5.86. The van der Waals surface area contributed by atoms with Gasteiger partial charge in [-0.05, 0) is 86.2 Å². The van der Waals surface area contributed by atoms with Gasteiger partial charge in [0.2, 0.25) is 0 Å². The Bertz CT molecular complexity index is 998. The summed E-state index contributed by atoms with van der Waals surface area (Å²) in [6.45, 7) is 9.09. The van der Waals surface area contributed by atoms with Gasteiger partial charge in [-0.3, -0.25) is 4.79 Å². The number of ketones is 1. The van der Waals surface area contributed by atoms with E-state index in [4.69, 9.17) is 9.47 Å². The summed E-state index contributed by atoms with van der Waals surface area (Å²) in [4.78, 5) is 12.8. The summed E-state index contributed by atoms with van der Waals surface area (Å²) >= 11 is 0. The van der Waals surface area contributed by atoms with Crippen LogP contribution < -0.4 is 0 Å². The molecule has 0 saturated heterocycles. The summed E-state index contributed by atoms with van der Waals surface area (Å²) in [5.41, 5.74) is 3.23. The highest BCUT2D eigenvalue weighted by Crippen LogP contribution is 2.68. The fraction of sp³-hybridized carbons (Fsp3) is 0.710. The Balaban J connectivity index is 1.33. The van der Waals surface area contributed by atoms with Gasteiger partial charge in [-0.15, -0.1) is 0 Å². The number of rotatable bonds is 6. The molecule has 1 aromatic carbocycles. The predicted molar refractivity (Wildman–Crippen MR) is 138 cm³/mol. The van der Waals surface area contributed by atoms with Crippen LogP contribution in [0.25, 0.3) is 0 Å². The number of aryl methyl sites for hydroxylation is 1. The molecule has 1 unspecified atom stereocenters. The van der Waals surface area contributed by atoms with Gasteiger partial charge >= 0.3 is 0 Å². The van der Waals surface area contributed by atoms with Gasteiger partial charge in [-0.1, -0.05) is 56.7 Å². The number of ether oxygens (including phenoxy) is 2. The molecule has 3 fully saturated rings. The number of benzene rings is 1. The molecule has 5 rings (SSSR count). The van der Waals surface area contributed by atoms with Crippen LogP contribution >= 0.6 is 0 Å². The number of Topliss-reactive ketones (excluding diaryl/α,β-unsaturated/α-hetero) is 1. The van der Waals surface area contributed by atoms with E-state index in [0.717, 1.165) is 50.5 Å². The molecule has 4 heteroatoms. The molecule has 0 bridgehead atoms. The fourth-order valence-electron chi connectivity index (χ4n) is 8.89. The third kappa shape index (κ3) is 3.78. The topological polar surface area (TPSA) is 55.8 Å². The molecule has 1 N–H and O–H groups in total. The summed E-state index contributed by atoms with van der Waals surface area (Å²) in [6, 6.07) is 8.52. The lowest BCUT2D eigenvalue weighted by Gasteiger charge is -2.59. The van der Waals surface area contributed by atoms with Crippen LogP contribution in [0.3, 0.4) is 0 Å². The highest BCUT2D eigenvalue weighted by atomic mass is 16.6. The largest absolute Gasteiger partial charge is 0.370 e. The standard InChI is InChI=1S/C31H44O4/c1-6-22-7-9-23(10-8-22)20-35-30(33)18-17-28(3)24(19-30)11-12-25-26(28)13-15-29(4)27(25)14-16-31(29,34-5)21(2)32/h7-11,25-27,33H,6,12-20H2,1-5H3/t25-,26+,27+,28+,29+,30?,31+/m1/s1. The monoisotopic (exact) mass is 480 g/mol. The van der Waals surface area contributed by atoms with E-state index >= 15 is 0 Å². The van der Waals surface area contributed by atoms with Crippen molar-refractivity contribution in [1.82, 2.24) is 0 Å². The number of hydrogen-bond donors (Lipinski definition) is 1. The predicted octanol–water partition coefficient (Wildman–Crippen LogP) is 6.39. The van der Waals surface area contributed by atoms with Crippen molar-refractivity contribution in [2.75, 3.05) is 7.11 Å². The minimum Gasteiger partial charge on any atom is -0.370 e. The average Bonchev–Trinajstić information content (AvgIpc) is 3.17. The smallest absolute Gasteiger partial charge is 0.169 e. The Kier molecular flexibility index (Phi) is 6.34. The maximum Gasteiger partial charge on any atom is 0.169 e. The number of hydrogen-bond acceptors (Lipinski definition) is 4. The second kappa shape index (κ2) is 8.82. The van der Waals surface area contributed by atoms with Gasteiger partial charge < -0.3 is 14.6 Å². The lowest BCUT2D eigenvalue weighted by molar-refractivity contribution is -0.232. The van der Waals surface area contributed by atoms with E-state index in [9.17, 15) is 9.90 Å². The van der Waals surface area contributed by atoms with E-state index in [2.05, 4.69) is 51.1 Å². The van der Waals surface area contributed by atoms with Crippen LogP contribution in [0, 0.1) is 28.6 Å². The molecule has 1 aromatic rings. The lowest BCUT2D eigenvalue weighted by atomic mass is 9.46. The first-order chi connectivity index (χ1) is 16.6. The summed E-state index contributed by atoms with van der Waals surface area (Å²) in [5, 5.41) is 11.4. The van der Waals surface area contributed by atoms with Crippen molar-refractivity contribution in [3.63, 3.8) is 0 Å². The van der Waals surface area contributed by atoms with Crippen LogP contribution in [0.1, 0.15) is 90.2 Å². The van der Waals surface area contributed by atoms with Gasteiger partial charge in [0.15, 0.2) is 11.6 Å². The molecular formula is C31H44O4. The van der Waals surface area contributed by atoms with Crippen LogP contribution in [0.15, 0.2) is 35.9 Å². The van der Waals surface area contributed by atoms with Gasteiger partial charge in [-0.25, -0.2) is 0 Å². The number of carbonyl (C=O) groups excluding carboxylic acids is 1. The number of allylic oxidation sites excluding steroid dienone is 1. The zero-order valence-electron chi connectivity index (χ0n) is 22.4. The van der Waals surface area contributed by atoms with Gasteiger partial charge in [0.05, 0.1) is 6.61 Å². The number of fused-ring (bicyclic) bond motifs is 5. The van der Waals surface area contributed by atoms with E-state index in [1.807, 2.05) is 0 Å². The van der Waals surface area contributed by atoms with Crippen molar-refractivity contribution in [3.8, 4) is 0 Å². The summed E-state index contributed by atoms with van der Waals surface area (Å²) < 4.78 is 12.2. The van der Waals surface area contributed by atoms with Gasteiger partial charge in [0, 0.05) is 25.4 Å². The maximum atomic E-state index is 12.8. The van der Waals surface area contributed by atoms with Crippen LogP contribution in [0.4, 0.5) is 0 Å². The third-order valence-electron chi connectivity index (χ3n) is 11.1. The SMILES string of the molecule is CCc1ccc(COC2(O)CC[C@@]3(C)C(=CC[C@@H]4[C@@H]3CC[C@@]3(C)[C@H]4CC[C@]3(OC)C(C)=O)C2)cc1. The first-order valence-electron chi connectivity index (χ1n) is 13.8. The molecule has 7 atom stereocenters. The second-order valence-electron chi connectivity index (χ2n) is 12.4. The Labute approximate surface area is 211 Å². The molecule has 0 heterocycles. The Hall–Kier alpha value is -1.49. The molecule has 4 aliphatic rings. The number of aliphatic hydroxyl groups is 1. The molecular weight excluding hydrogens is 436 g/mol. The van der Waals surface area contributed by atoms with E-state index in [0.29, 0.717) is 37.2 Å². The van der Waals surface area contributed by atoms with E-state index < -0.39 is 11.4 Å². The fourth-order valence-corrected chi connectivity index (χ4v) is 8.89. The maximum absolute atomic E-state index is 12.8. The van der Waals surface area contributed by atoms with Crippen molar-refractivity contribution in [3.05, 3.63) is 47.0 Å². The van der Waals surface area contributed by atoms with Crippen LogP contribution in [-0.4, -0.2) is 29.4 Å². The summed E-state index contributed by atoms with van der Waals surface area (Å²) in [6.07, 6.45) is 10.8. The molecule has 0 aromatic heterocycles. The van der Waals surface area contributed by atoms with Crippen molar-refractivity contribution < 1.29 is 19.4 Å². The molecule has 0 amide bonds. The number of carbonyl (C=O) groups is 1. The molecule has 0 spiro atoms. The first kappa shape index (κ1) is 25.2. The van der Waals surface area contributed by atoms with Gasteiger partial charge in [-0.2, -0.15) is 0 Å². The van der Waals surface area contributed by atoms with Gasteiger partial charge in [0.25, 0.3) is 0 Å². The van der Waals surface area contributed by atoms with Crippen molar-refractivity contribution in [2.45, 2.75) is 103 Å². The van der Waals surface area contributed by atoms with Crippen LogP contribution in [0.2, 0.25) is 0 Å². The third-order valence-corrected chi connectivity index (χ3v) is 11.1. The minimum absolute atomic E-state index is 0.0811. The molecule has 3 saturated carbocycles. The van der Waals surface area contributed by atoms with E-state index in [-0.39, 0.29) is 16.6 Å². The Morgan fingerprint density at radius 3 is 2.37 bits per heavy atom. The molecule has 192 valence electrons. The lowest BCUT2D eigenvalue weighted by Crippen LogP contribution is -2.58. The zero-order chi connectivity index (χ0) is 25.1. The van der Waals surface area contributed by atoms with Gasteiger partial charge in [0.1, 0.15) is 5.60 Å². The zero-order valence-corrected chi connectivity index (χ0v) is 22.4. The molecule has 0 aliphatic heterocycles. The molecule has 35 heavy (non-hydrogen) atoms. The first-order valence-corrected chi connectivity index (χ1v) is 13.8. The van der Waals surface area contributed by atoms with Crippen molar-refractivity contribution >= 4 is 5.78 Å². The van der Waals surface area contributed by atoms with E-state index in [1.54, 1.807) is 14.0 Å². The average molecular weight is 481 g/mol. The normalized spacial score (nSPS) is 42.6. The Morgan fingerprint density at radius 1 is 1.03 bits per heavy atom. The van der Waals surface area contributed by atoms with Crippen molar-refractivity contribution in [1.29, 1.82) is 0 Å². The summed E-state index contributed by atoms with van der Waals surface area (Å²) in [5.74, 6) is 0.820. The number of methoxy groups -OCH3 is 1. The van der Waals surface area contributed by atoms with E-state index in [1.165, 1.54) is 11.1 Å². The van der Waals surface area contributed by atoms with Crippen LogP contribution in [-0.2, 0) is 27.3 Å². The highest BCUT2D eigenvalue weighted by Gasteiger charge is 2.66. The Morgan fingerprint density at radius 2 is 1.71 bits per heavy atom. The minimum atomic E-state index is -1.09. The second-order valence-corrected chi connectivity index (χ2v) is 12.4. The van der Waals surface area contributed by atoms with Crippen LogP contribution in [0.5, 0.6) is 0 Å². The quantitative estimate of drug-likeness (QED) is 0.379. The van der Waals surface area contributed by atoms with Crippen molar-refractivity contribution in [2.24, 2.45) is 28.6 Å².